The normalized spacial score (nSPS) is 11.9. The van der Waals surface area contributed by atoms with Crippen molar-refractivity contribution in [3.8, 4) is 0 Å². The fraction of sp³-hybridized carbons (Fsp3) is 0.200. The highest BCUT2D eigenvalue weighted by molar-refractivity contribution is 6.00. The molecule has 1 aromatic rings. The molecule has 17 heavy (non-hydrogen) atoms. The van der Waals surface area contributed by atoms with Gasteiger partial charge in [-0.05, 0) is 12.1 Å². The quantitative estimate of drug-likeness (QED) is 0.536. The maximum Gasteiger partial charge on any atom is 0.328 e. The van der Waals surface area contributed by atoms with Gasteiger partial charge in [0.05, 0.1) is 17.9 Å². The highest BCUT2D eigenvalue weighted by Gasteiger charge is 2.21. The molecular weight excluding hydrogens is 231 g/mol. The van der Waals surface area contributed by atoms with Crippen LogP contribution in [0.2, 0.25) is 0 Å². The molecule has 0 fully saturated rings. The predicted octanol–water partition coefficient (Wildman–Crippen LogP) is -0.417. The Morgan fingerprint density at radius 3 is 2.65 bits per heavy atom. The van der Waals surface area contributed by atoms with Crippen LogP contribution in [0.15, 0.2) is 18.2 Å². The third-order valence-corrected chi connectivity index (χ3v) is 2.08. The number of aliphatic hydroxyl groups excluding tert-OH is 1. The van der Waals surface area contributed by atoms with E-state index in [1.165, 1.54) is 12.1 Å². The number of hydrogen-bond acceptors (Lipinski definition) is 4. The number of aliphatic hydroxyl groups is 1. The molecular formula is C10H11FN2O4. The lowest BCUT2D eigenvalue weighted by Gasteiger charge is -2.12. The molecule has 0 radical (unpaired) electrons. The van der Waals surface area contributed by atoms with Crippen LogP contribution in [-0.2, 0) is 4.79 Å². The number of carboxylic acids is 1. The Morgan fingerprint density at radius 2 is 2.12 bits per heavy atom. The van der Waals surface area contributed by atoms with Crippen molar-refractivity contribution >= 4 is 17.6 Å². The number of para-hydroxylation sites is 1. The van der Waals surface area contributed by atoms with E-state index in [0.717, 1.165) is 6.07 Å². The Hall–Kier alpha value is -2.15. The number of rotatable bonds is 4. The van der Waals surface area contributed by atoms with Crippen molar-refractivity contribution in [3.05, 3.63) is 29.6 Å². The highest BCUT2D eigenvalue weighted by Crippen LogP contribution is 2.15. The number of amides is 1. The Morgan fingerprint density at radius 1 is 1.47 bits per heavy atom. The summed E-state index contributed by atoms with van der Waals surface area (Å²) in [6.07, 6.45) is 0. The maximum atomic E-state index is 13.0. The van der Waals surface area contributed by atoms with Crippen LogP contribution in [0, 0.1) is 5.82 Å². The molecule has 6 nitrogen and oxygen atoms in total. The third-order valence-electron chi connectivity index (χ3n) is 2.08. The van der Waals surface area contributed by atoms with Gasteiger partial charge in [-0.15, -0.1) is 0 Å². The molecule has 1 aromatic carbocycles. The molecule has 0 aromatic heterocycles. The van der Waals surface area contributed by atoms with E-state index in [1.807, 2.05) is 5.32 Å². The van der Waals surface area contributed by atoms with Crippen molar-refractivity contribution in [1.29, 1.82) is 0 Å². The van der Waals surface area contributed by atoms with Gasteiger partial charge in [0.25, 0.3) is 5.91 Å². The minimum atomic E-state index is -1.45. The van der Waals surface area contributed by atoms with Crippen LogP contribution in [-0.4, -0.2) is 34.7 Å². The Labute approximate surface area is 95.9 Å². The van der Waals surface area contributed by atoms with Crippen molar-refractivity contribution in [2.75, 3.05) is 12.3 Å². The van der Waals surface area contributed by atoms with Gasteiger partial charge in [-0.2, -0.15) is 0 Å². The second-order valence-electron chi connectivity index (χ2n) is 3.25. The van der Waals surface area contributed by atoms with Gasteiger partial charge in [-0.3, -0.25) is 4.79 Å². The topological polar surface area (TPSA) is 113 Å². The average Bonchev–Trinajstić information content (AvgIpc) is 2.28. The number of anilines is 1. The van der Waals surface area contributed by atoms with Crippen LogP contribution in [0.4, 0.5) is 10.1 Å². The number of nitrogens with two attached hydrogens (primary N) is 1. The number of carbonyl (C=O) groups is 2. The van der Waals surface area contributed by atoms with E-state index in [9.17, 15) is 14.0 Å². The Bertz CT molecular complexity index is 450. The average molecular weight is 242 g/mol. The summed E-state index contributed by atoms with van der Waals surface area (Å²) in [6.45, 7) is -0.768. The molecule has 0 bridgehead atoms. The van der Waals surface area contributed by atoms with Crippen LogP contribution in [0.5, 0.6) is 0 Å². The standard InChI is InChI=1S/C10H11FN2O4/c11-6-3-1-2-5(8(6)12)9(15)13-7(4-14)10(16)17/h1-3,7,14H,4,12H2,(H,13,15)(H,16,17)/t7-/m1/s1. The zero-order chi connectivity index (χ0) is 13.0. The van der Waals surface area contributed by atoms with E-state index in [0.29, 0.717) is 0 Å². The second kappa shape index (κ2) is 5.26. The lowest BCUT2D eigenvalue weighted by molar-refractivity contribution is -0.140. The second-order valence-corrected chi connectivity index (χ2v) is 3.25. The molecule has 1 rings (SSSR count). The van der Waals surface area contributed by atoms with Gasteiger partial charge in [0, 0.05) is 0 Å². The summed E-state index contributed by atoms with van der Waals surface area (Å²) in [5.74, 6) is -3.02. The summed E-state index contributed by atoms with van der Waals surface area (Å²) in [6, 6.07) is 2.15. The van der Waals surface area contributed by atoms with E-state index >= 15 is 0 Å². The lowest BCUT2D eigenvalue weighted by Crippen LogP contribution is -2.43. The summed E-state index contributed by atoms with van der Waals surface area (Å²) in [5, 5.41) is 19.3. The molecule has 0 spiro atoms. The lowest BCUT2D eigenvalue weighted by atomic mass is 10.1. The van der Waals surface area contributed by atoms with Crippen molar-refractivity contribution in [2.24, 2.45) is 0 Å². The molecule has 0 saturated heterocycles. The number of nitrogen functional groups attached to an aromatic ring is 1. The molecule has 92 valence electrons. The van der Waals surface area contributed by atoms with Crippen molar-refractivity contribution in [2.45, 2.75) is 6.04 Å². The predicted molar refractivity (Wildman–Crippen MR) is 56.8 cm³/mol. The van der Waals surface area contributed by atoms with Crippen LogP contribution >= 0.6 is 0 Å². The molecule has 7 heteroatoms. The van der Waals surface area contributed by atoms with E-state index in [1.54, 1.807) is 0 Å². The monoisotopic (exact) mass is 242 g/mol. The third kappa shape index (κ3) is 2.91. The van der Waals surface area contributed by atoms with Gasteiger partial charge >= 0.3 is 5.97 Å². The first kappa shape index (κ1) is 12.9. The van der Waals surface area contributed by atoms with Gasteiger partial charge in [-0.25, -0.2) is 9.18 Å². The Balaban J connectivity index is 2.90. The van der Waals surface area contributed by atoms with Crippen molar-refractivity contribution in [3.63, 3.8) is 0 Å². The van der Waals surface area contributed by atoms with Crippen LogP contribution in [0.3, 0.4) is 0 Å². The molecule has 5 N–H and O–H groups in total. The first-order chi connectivity index (χ1) is 7.97. The SMILES string of the molecule is Nc1c(F)cccc1C(=O)N[C@H](CO)C(=O)O. The molecule has 0 aliphatic rings. The van der Waals surface area contributed by atoms with Gasteiger partial charge in [0.2, 0.25) is 0 Å². The minimum absolute atomic E-state index is 0.176. The molecule has 1 atom stereocenters. The zero-order valence-corrected chi connectivity index (χ0v) is 8.68. The number of nitrogens with one attached hydrogen (secondary N) is 1. The Kier molecular flexibility index (Phi) is 4.00. The van der Waals surface area contributed by atoms with Gasteiger partial charge in [0.15, 0.2) is 6.04 Å². The largest absolute Gasteiger partial charge is 0.480 e. The number of carboxylic acid groups (broad SMARTS) is 1. The smallest absolute Gasteiger partial charge is 0.328 e. The van der Waals surface area contributed by atoms with Crippen molar-refractivity contribution < 1.29 is 24.2 Å². The van der Waals surface area contributed by atoms with E-state index in [4.69, 9.17) is 15.9 Å². The molecule has 0 saturated carbocycles. The molecule has 0 aliphatic heterocycles. The van der Waals surface area contributed by atoms with Crippen LogP contribution in [0.25, 0.3) is 0 Å². The summed E-state index contributed by atoms with van der Waals surface area (Å²) >= 11 is 0. The fourth-order valence-corrected chi connectivity index (χ4v) is 1.16. The maximum absolute atomic E-state index is 13.0. The number of halogens is 1. The zero-order valence-electron chi connectivity index (χ0n) is 8.68. The van der Waals surface area contributed by atoms with Gasteiger partial charge < -0.3 is 21.3 Å². The number of hydrogen-bond donors (Lipinski definition) is 4. The minimum Gasteiger partial charge on any atom is -0.480 e. The molecule has 0 aliphatic carbocycles. The summed E-state index contributed by atoms with van der Waals surface area (Å²) in [4.78, 5) is 22.1. The van der Waals surface area contributed by atoms with Crippen molar-refractivity contribution in [1.82, 2.24) is 5.32 Å². The van der Waals surface area contributed by atoms with Crippen LogP contribution < -0.4 is 11.1 Å². The van der Waals surface area contributed by atoms with Crippen LogP contribution in [0.1, 0.15) is 10.4 Å². The first-order valence-corrected chi connectivity index (χ1v) is 4.66. The number of carbonyl (C=O) groups excluding carboxylic acids is 1. The fourth-order valence-electron chi connectivity index (χ4n) is 1.16. The van der Waals surface area contributed by atoms with Gasteiger partial charge in [-0.1, -0.05) is 6.07 Å². The summed E-state index contributed by atoms with van der Waals surface area (Å²) in [5.41, 5.74) is 4.79. The number of aliphatic carboxylic acids is 1. The highest BCUT2D eigenvalue weighted by atomic mass is 19.1. The number of benzene rings is 1. The molecule has 1 amide bonds. The van der Waals surface area contributed by atoms with E-state index < -0.39 is 30.3 Å². The van der Waals surface area contributed by atoms with E-state index in [-0.39, 0.29) is 11.3 Å². The summed E-state index contributed by atoms with van der Waals surface area (Å²) in [7, 11) is 0. The molecule has 0 unspecified atom stereocenters. The summed E-state index contributed by atoms with van der Waals surface area (Å²) < 4.78 is 13.0. The molecule has 0 heterocycles. The van der Waals surface area contributed by atoms with E-state index in [2.05, 4.69) is 0 Å². The first-order valence-electron chi connectivity index (χ1n) is 4.66. The van der Waals surface area contributed by atoms with Gasteiger partial charge in [0.1, 0.15) is 5.82 Å².